The number of unbranched alkanes of at least 4 members (excludes halogenated alkanes) is 24. The fourth-order valence-corrected chi connectivity index (χ4v) is 15.9. The summed E-state index contributed by atoms with van der Waals surface area (Å²) in [5.41, 5.74) is 0. The van der Waals surface area contributed by atoms with E-state index < -0.39 is 38.8 Å². The van der Waals surface area contributed by atoms with Gasteiger partial charge in [-0.1, -0.05) is 276 Å². The van der Waals surface area contributed by atoms with Crippen LogP contribution in [-0.4, -0.2) is 49.6 Å². The van der Waals surface area contributed by atoms with Gasteiger partial charge in [0.1, 0.15) is 0 Å². The molecule has 0 saturated heterocycles. The van der Waals surface area contributed by atoms with E-state index in [0.29, 0.717) is 6.42 Å². The van der Waals surface area contributed by atoms with Crippen molar-refractivity contribution in [2.75, 3.05) is 12.4 Å². The van der Waals surface area contributed by atoms with Crippen LogP contribution >= 0.6 is 0 Å². The second-order valence-corrected chi connectivity index (χ2v) is 32.6. The molecule has 0 amide bonds. The van der Waals surface area contributed by atoms with Gasteiger partial charge in [-0.05, 0) is 52.8 Å². The summed E-state index contributed by atoms with van der Waals surface area (Å²) in [5, 5.41) is 2.08. The fourth-order valence-electron chi connectivity index (χ4n) is 8.79. The second-order valence-electron chi connectivity index (χ2n) is 21.7. The molecule has 2 rings (SSSR count). The molecule has 0 aromatic heterocycles. The topological polar surface area (TPSA) is 64.6 Å². The third-order valence-corrected chi connectivity index (χ3v) is 25.0. The third-order valence-electron chi connectivity index (χ3n) is 14.0. The van der Waals surface area contributed by atoms with E-state index in [2.05, 4.69) is 146 Å². The van der Waals surface area contributed by atoms with Gasteiger partial charge in [0, 0.05) is 0 Å². The van der Waals surface area contributed by atoms with Crippen LogP contribution in [0, 0.1) is 0 Å². The smallest absolute Gasteiger partial charge is 0.261 e. The largest absolute Gasteiger partial charge is 0.415 e. The Morgan fingerprint density at radius 1 is 0.547 bits per heavy atom. The predicted octanol–water partition coefficient (Wildman–Crippen LogP) is 16.0. The standard InChI is InChI=1S/C56H101NO4SSi2/c1-11-13-15-17-19-21-23-25-27-29-31-33-35-43-49-62(58,59)57-53(50-60-63(9,10)55(3,4)5)54(48-42-34-32-30-28-26-24-22-20-18-16-14-12-2)61-64(56(6,7)8,51-44-38-36-39-45-51)52-46-40-37-41-47-52/h36-42,44-48,53-54,57H,11-35,43,49-50H2,1-10H3/b48-42+/t53-,54+/m0/s1. The van der Waals surface area contributed by atoms with Gasteiger partial charge in [-0.3, -0.25) is 0 Å². The first-order valence-corrected chi connectivity index (χ1v) is 33.1. The van der Waals surface area contributed by atoms with E-state index in [0.717, 1.165) is 25.7 Å². The molecule has 0 heterocycles. The Morgan fingerprint density at radius 2 is 0.922 bits per heavy atom. The Kier molecular flexibility index (Phi) is 29.5. The fraction of sp³-hybridized carbons (Fsp3) is 0.750. The van der Waals surface area contributed by atoms with Gasteiger partial charge in [0.05, 0.1) is 24.5 Å². The zero-order valence-electron chi connectivity index (χ0n) is 43.4. The average Bonchev–Trinajstić information content (AvgIpc) is 3.25. The first-order valence-electron chi connectivity index (χ1n) is 26.6. The number of hydrogen-bond acceptors (Lipinski definition) is 4. The summed E-state index contributed by atoms with van der Waals surface area (Å²) >= 11 is 0. The normalized spacial score (nSPS) is 14.1. The number of nitrogens with one attached hydrogen (secondary N) is 1. The molecule has 368 valence electrons. The molecule has 0 bridgehead atoms. The monoisotopic (exact) mass is 940 g/mol. The number of sulfonamides is 1. The van der Waals surface area contributed by atoms with E-state index in [1.807, 2.05) is 0 Å². The lowest BCUT2D eigenvalue weighted by atomic mass is 10.0. The highest BCUT2D eigenvalue weighted by Crippen LogP contribution is 2.39. The summed E-state index contributed by atoms with van der Waals surface area (Å²) < 4.78 is 46.5. The summed E-state index contributed by atoms with van der Waals surface area (Å²) in [4.78, 5) is 0. The van der Waals surface area contributed by atoms with E-state index in [9.17, 15) is 8.42 Å². The highest BCUT2D eigenvalue weighted by atomic mass is 32.2. The van der Waals surface area contributed by atoms with Crippen molar-refractivity contribution in [2.45, 2.75) is 258 Å². The molecule has 64 heavy (non-hydrogen) atoms. The Bertz CT molecular complexity index is 1530. The minimum absolute atomic E-state index is 0.0239. The lowest BCUT2D eigenvalue weighted by molar-refractivity contribution is 0.147. The highest BCUT2D eigenvalue weighted by molar-refractivity contribution is 7.89. The summed E-state index contributed by atoms with van der Waals surface area (Å²) in [6, 6.07) is 20.9. The van der Waals surface area contributed by atoms with Crippen molar-refractivity contribution in [2.24, 2.45) is 0 Å². The van der Waals surface area contributed by atoms with Gasteiger partial charge in [0.15, 0.2) is 8.32 Å². The maximum Gasteiger partial charge on any atom is 0.261 e. The zero-order valence-corrected chi connectivity index (χ0v) is 46.2. The third kappa shape index (κ3) is 23.0. The molecular weight excluding hydrogens is 839 g/mol. The highest BCUT2D eigenvalue weighted by Gasteiger charge is 2.52. The molecule has 2 atom stereocenters. The van der Waals surface area contributed by atoms with Crippen LogP contribution in [0.1, 0.15) is 222 Å². The van der Waals surface area contributed by atoms with Crippen molar-refractivity contribution < 1.29 is 17.3 Å². The molecule has 5 nitrogen and oxygen atoms in total. The van der Waals surface area contributed by atoms with Crippen molar-refractivity contribution in [1.82, 2.24) is 4.72 Å². The summed E-state index contributed by atoms with van der Waals surface area (Å²) in [6.07, 6.45) is 36.6. The molecule has 0 aliphatic heterocycles. The van der Waals surface area contributed by atoms with Crippen LogP contribution in [0.4, 0.5) is 0 Å². The Labute approximate surface area is 399 Å². The minimum Gasteiger partial charge on any atom is -0.415 e. The number of allylic oxidation sites excluding steroid dienone is 1. The van der Waals surface area contributed by atoms with Crippen LogP contribution in [0.3, 0.4) is 0 Å². The maximum atomic E-state index is 14.3. The van der Waals surface area contributed by atoms with E-state index in [1.54, 1.807) is 0 Å². The van der Waals surface area contributed by atoms with Gasteiger partial charge >= 0.3 is 0 Å². The molecule has 0 unspecified atom stereocenters. The summed E-state index contributed by atoms with van der Waals surface area (Å²) in [7, 11) is -8.94. The van der Waals surface area contributed by atoms with E-state index in [1.165, 1.54) is 145 Å². The quantitative estimate of drug-likeness (QED) is 0.0414. The van der Waals surface area contributed by atoms with Crippen molar-refractivity contribution in [3.05, 3.63) is 72.8 Å². The first kappa shape index (κ1) is 58.6. The number of benzene rings is 2. The molecule has 0 radical (unpaired) electrons. The average molecular weight is 941 g/mol. The van der Waals surface area contributed by atoms with Crippen molar-refractivity contribution in [1.29, 1.82) is 0 Å². The molecule has 1 N–H and O–H groups in total. The van der Waals surface area contributed by atoms with Crippen molar-refractivity contribution >= 4 is 37.0 Å². The minimum atomic E-state index is -3.64. The van der Waals surface area contributed by atoms with Gasteiger partial charge in [0.2, 0.25) is 10.0 Å². The second kappa shape index (κ2) is 32.2. The van der Waals surface area contributed by atoms with Gasteiger partial charge in [-0.25, -0.2) is 13.1 Å². The lowest BCUT2D eigenvalue weighted by Gasteiger charge is -2.46. The van der Waals surface area contributed by atoms with Gasteiger partial charge in [0.25, 0.3) is 8.32 Å². The van der Waals surface area contributed by atoms with Crippen LogP contribution in [0.2, 0.25) is 23.2 Å². The lowest BCUT2D eigenvalue weighted by Crippen LogP contribution is -2.69. The van der Waals surface area contributed by atoms with Crippen molar-refractivity contribution in [3.8, 4) is 0 Å². The van der Waals surface area contributed by atoms with Crippen molar-refractivity contribution in [3.63, 3.8) is 0 Å². The molecule has 0 saturated carbocycles. The van der Waals surface area contributed by atoms with Crippen LogP contribution in [0.5, 0.6) is 0 Å². The van der Waals surface area contributed by atoms with Gasteiger partial charge in [-0.2, -0.15) is 0 Å². The Hall–Kier alpha value is -1.56. The van der Waals surface area contributed by atoms with Crippen LogP contribution in [0.15, 0.2) is 72.8 Å². The van der Waals surface area contributed by atoms with E-state index in [-0.39, 0.29) is 22.4 Å². The van der Waals surface area contributed by atoms with Crippen LogP contribution in [-0.2, 0) is 18.9 Å². The van der Waals surface area contributed by atoms with Crippen LogP contribution < -0.4 is 15.1 Å². The molecule has 2 aromatic rings. The molecule has 2 aromatic carbocycles. The van der Waals surface area contributed by atoms with Crippen LogP contribution in [0.25, 0.3) is 0 Å². The molecule has 0 aliphatic rings. The van der Waals surface area contributed by atoms with E-state index >= 15 is 0 Å². The van der Waals surface area contributed by atoms with Gasteiger partial charge < -0.3 is 8.85 Å². The zero-order chi connectivity index (χ0) is 47.2. The van der Waals surface area contributed by atoms with E-state index in [4.69, 9.17) is 8.85 Å². The Morgan fingerprint density at radius 3 is 1.30 bits per heavy atom. The summed E-state index contributed by atoms with van der Waals surface area (Å²) in [6.45, 7) is 23.0. The molecule has 0 spiro atoms. The predicted molar refractivity (Wildman–Crippen MR) is 287 cm³/mol. The molecular formula is C56H101NO4SSi2. The first-order chi connectivity index (χ1) is 30.5. The number of hydrogen-bond donors (Lipinski definition) is 1. The van der Waals surface area contributed by atoms with Gasteiger partial charge in [-0.15, -0.1) is 0 Å². The number of rotatable bonds is 38. The Balaban J connectivity index is 2.32. The maximum absolute atomic E-state index is 14.3. The molecule has 0 fully saturated rings. The molecule has 0 aliphatic carbocycles. The summed E-state index contributed by atoms with van der Waals surface area (Å²) in [5.74, 6) is 0.121. The molecule has 8 heteroatoms. The SMILES string of the molecule is CCCCCCCCCCCCC/C=C/[C@@H](O[Si](c1ccccc1)(c1ccccc1)C(C)(C)C)[C@H](CO[Si](C)(C)C(C)(C)C)NS(=O)(=O)CCCCCCCCCCCCCCCC.